The molecule has 3 aromatic rings. The summed E-state index contributed by atoms with van der Waals surface area (Å²) < 4.78 is 23.0. The van der Waals surface area contributed by atoms with E-state index < -0.39 is 53.2 Å². The number of nitrogens with one attached hydrogen (secondary N) is 2. The van der Waals surface area contributed by atoms with Crippen molar-refractivity contribution in [1.29, 1.82) is 0 Å². The van der Waals surface area contributed by atoms with Gasteiger partial charge in [-0.05, 0) is 65.5 Å². The molecule has 2 N–H and O–H groups in total. The van der Waals surface area contributed by atoms with Crippen LogP contribution in [0.25, 0.3) is 22.2 Å². The van der Waals surface area contributed by atoms with Crippen LogP contribution in [-0.4, -0.2) is 83.3 Å². The van der Waals surface area contributed by atoms with E-state index in [0.29, 0.717) is 48.4 Å². The summed E-state index contributed by atoms with van der Waals surface area (Å²) in [6.07, 6.45) is 4.63. The number of nitrogens with zero attached hydrogens (tertiary/aromatic N) is 2. The zero-order valence-corrected chi connectivity index (χ0v) is 29.8. The lowest BCUT2D eigenvalue weighted by atomic mass is 10.1. The van der Waals surface area contributed by atoms with Crippen LogP contribution in [0.4, 0.5) is 4.79 Å². The topological polar surface area (TPSA) is 145 Å². The number of pyridine rings is 1. The lowest BCUT2D eigenvalue weighted by Crippen LogP contribution is -2.56. The van der Waals surface area contributed by atoms with Crippen LogP contribution in [0, 0.1) is 5.92 Å². The number of amides is 3. The fraction of sp³-hybridized carbons (Fsp3) is 0.462. The second-order valence-corrected chi connectivity index (χ2v) is 14.3. The molecular weight excluding hydrogens is 652 g/mol. The molecule has 2 aromatic carbocycles. The molecule has 12 heteroatoms. The summed E-state index contributed by atoms with van der Waals surface area (Å²) in [4.78, 5) is 61.1. The third-order valence-corrected chi connectivity index (χ3v) is 9.41. The summed E-state index contributed by atoms with van der Waals surface area (Å²) in [6.45, 7) is 7.21. The minimum atomic E-state index is -1.20. The SMILES string of the molecule is CCOC(=O)[C@@]12C[C@H]1/C=C/CCC[C@H](NC(=O)OC(C)(C)C)C(=O)N1C[C@H](Oc3cc(-c4ccccc4)nc4cc(OC)ccc34)C[C@H]1C(=O)N2. The van der Waals surface area contributed by atoms with E-state index in [2.05, 4.69) is 10.6 Å². The van der Waals surface area contributed by atoms with E-state index in [9.17, 15) is 19.2 Å². The van der Waals surface area contributed by atoms with E-state index in [1.807, 2.05) is 66.7 Å². The fourth-order valence-corrected chi connectivity index (χ4v) is 6.83. The smallest absolute Gasteiger partial charge is 0.408 e. The van der Waals surface area contributed by atoms with E-state index in [1.54, 1.807) is 34.8 Å². The van der Waals surface area contributed by atoms with Gasteiger partial charge in [0.25, 0.3) is 0 Å². The molecule has 3 amide bonds. The lowest BCUT2D eigenvalue weighted by molar-refractivity contribution is -0.150. The second-order valence-electron chi connectivity index (χ2n) is 14.3. The molecular formula is C39H46N4O8. The Kier molecular flexibility index (Phi) is 10.2. The molecule has 1 saturated carbocycles. The van der Waals surface area contributed by atoms with E-state index in [4.69, 9.17) is 23.9 Å². The maximum atomic E-state index is 14.4. The molecule has 12 nitrogen and oxygen atoms in total. The Bertz CT molecular complexity index is 1820. The Morgan fingerprint density at radius 3 is 2.61 bits per heavy atom. The number of methoxy groups -OCH3 is 1. The van der Waals surface area contributed by atoms with Crippen LogP contribution in [0.5, 0.6) is 11.5 Å². The molecule has 6 rings (SSSR count). The van der Waals surface area contributed by atoms with Crippen molar-refractivity contribution in [2.75, 3.05) is 20.3 Å². The molecule has 2 fully saturated rings. The zero-order valence-electron chi connectivity index (χ0n) is 29.8. The standard InChI is InChI=1S/C39H46N4O8/c1-6-49-36(46)39-22-25(39)15-11-8-12-16-29(41-37(47)51-38(2,3)4)35(45)43-23-27(20-32(43)34(44)42-39)50-33-21-30(24-13-9-7-10-14-24)40-31-19-26(48-5)17-18-28(31)33/h7,9-11,13-15,17-19,21,25,27,29,32H,6,8,12,16,20,22-23H2,1-5H3,(H,41,47)(H,42,44)/b15-11+/t25-,27-,29+,32+,39-/m1/s1. The summed E-state index contributed by atoms with van der Waals surface area (Å²) in [5.41, 5.74) is 0.261. The highest BCUT2D eigenvalue weighted by Crippen LogP contribution is 2.46. The second kappa shape index (κ2) is 14.6. The van der Waals surface area contributed by atoms with Crippen LogP contribution in [0.2, 0.25) is 0 Å². The van der Waals surface area contributed by atoms with Gasteiger partial charge in [0.15, 0.2) is 0 Å². The highest BCUT2D eigenvalue weighted by molar-refractivity contribution is 5.97. The monoisotopic (exact) mass is 698 g/mol. The number of benzene rings is 2. The fourth-order valence-electron chi connectivity index (χ4n) is 6.83. The van der Waals surface area contributed by atoms with Gasteiger partial charge < -0.3 is 34.5 Å². The van der Waals surface area contributed by atoms with Crippen molar-refractivity contribution in [3.8, 4) is 22.8 Å². The van der Waals surface area contributed by atoms with Crippen LogP contribution in [-0.2, 0) is 23.9 Å². The Balaban J connectivity index is 1.34. The third kappa shape index (κ3) is 7.95. The van der Waals surface area contributed by atoms with Gasteiger partial charge in [-0.1, -0.05) is 42.5 Å². The summed E-state index contributed by atoms with van der Waals surface area (Å²) in [5, 5.41) is 6.48. The zero-order chi connectivity index (χ0) is 36.3. The van der Waals surface area contributed by atoms with E-state index in [0.717, 1.165) is 10.9 Å². The van der Waals surface area contributed by atoms with Crippen LogP contribution >= 0.6 is 0 Å². The minimum Gasteiger partial charge on any atom is -0.497 e. The number of carbonyl (C=O) groups is 4. The van der Waals surface area contributed by atoms with Crippen molar-refractivity contribution in [1.82, 2.24) is 20.5 Å². The maximum absolute atomic E-state index is 14.4. The third-order valence-electron chi connectivity index (χ3n) is 9.41. The Morgan fingerprint density at radius 1 is 1.10 bits per heavy atom. The number of carbonyl (C=O) groups excluding carboxylic acids is 4. The quantitative estimate of drug-likeness (QED) is 0.247. The van der Waals surface area contributed by atoms with Gasteiger partial charge in [0.2, 0.25) is 11.8 Å². The molecule has 51 heavy (non-hydrogen) atoms. The first kappa shape index (κ1) is 35.7. The molecule has 1 saturated heterocycles. The van der Waals surface area contributed by atoms with Gasteiger partial charge in [-0.25, -0.2) is 14.6 Å². The van der Waals surface area contributed by atoms with E-state index >= 15 is 0 Å². The number of fused-ring (bicyclic) bond motifs is 3. The molecule has 1 aliphatic carbocycles. The highest BCUT2D eigenvalue weighted by atomic mass is 16.6. The van der Waals surface area contributed by atoms with Crippen molar-refractivity contribution in [2.45, 2.75) is 89.1 Å². The first-order valence-electron chi connectivity index (χ1n) is 17.6. The Labute approximate surface area is 297 Å². The molecule has 2 aliphatic heterocycles. The van der Waals surface area contributed by atoms with Crippen molar-refractivity contribution in [3.63, 3.8) is 0 Å². The number of hydrogen-bond acceptors (Lipinski definition) is 9. The molecule has 5 atom stereocenters. The Morgan fingerprint density at radius 2 is 1.88 bits per heavy atom. The van der Waals surface area contributed by atoms with E-state index in [1.165, 1.54) is 4.90 Å². The molecule has 270 valence electrons. The van der Waals surface area contributed by atoms with Crippen molar-refractivity contribution in [2.24, 2.45) is 5.92 Å². The summed E-state index contributed by atoms with van der Waals surface area (Å²) in [6, 6.07) is 15.2. The minimum absolute atomic E-state index is 0.0676. The molecule has 0 spiro atoms. The maximum Gasteiger partial charge on any atom is 0.408 e. The number of hydrogen-bond donors (Lipinski definition) is 2. The van der Waals surface area contributed by atoms with E-state index in [-0.39, 0.29) is 25.5 Å². The van der Waals surface area contributed by atoms with Crippen LogP contribution in [0.15, 0.2) is 66.7 Å². The molecule has 0 unspecified atom stereocenters. The number of ether oxygens (including phenoxy) is 4. The van der Waals surface area contributed by atoms with Crippen molar-refractivity contribution in [3.05, 3.63) is 66.7 Å². The molecule has 0 radical (unpaired) electrons. The average molecular weight is 699 g/mol. The summed E-state index contributed by atoms with van der Waals surface area (Å²) >= 11 is 0. The molecule has 3 heterocycles. The number of alkyl carbamates (subject to hydrolysis) is 1. The summed E-state index contributed by atoms with van der Waals surface area (Å²) in [5.74, 6) is -0.464. The molecule has 0 bridgehead atoms. The van der Waals surface area contributed by atoms with Gasteiger partial charge in [-0.2, -0.15) is 0 Å². The predicted octanol–water partition coefficient (Wildman–Crippen LogP) is 5.33. The highest BCUT2D eigenvalue weighted by Gasteiger charge is 2.62. The van der Waals surface area contributed by atoms with Crippen LogP contribution < -0.4 is 20.1 Å². The van der Waals surface area contributed by atoms with Gasteiger partial charge in [0.1, 0.15) is 40.8 Å². The Hall–Kier alpha value is -5.13. The number of rotatable bonds is 7. The predicted molar refractivity (Wildman–Crippen MR) is 190 cm³/mol. The summed E-state index contributed by atoms with van der Waals surface area (Å²) in [7, 11) is 1.59. The van der Waals surface area contributed by atoms with Crippen molar-refractivity contribution >= 4 is 34.8 Å². The molecule has 3 aliphatic rings. The van der Waals surface area contributed by atoms with Crippen LogP contribution in [0.3, 0.4) is 0 Å². The van der Waals surface area contributed by atoms with Gasteiger partial charge >= 0.3 is 12.1 Å². The lowest BCUT2D eigenvalue weighted by Gasteiger charge is -2.30. The normalized spacial score (nSPS) is 25.5. The first-order chi connectivity index (χ1) is 24.4. The number of aromatic nitrogens is 1. The van der Waals surface area contributed by atoms with Crippen molar-refractivity contribution < 1.29 is 38.1 Å². The average Bonchev–Trinajstić information content (AvgIpc) is 3.62. The van der Waals surface area contributed by atoms with Gasteiger partial charge in [-0.15, -0.1) is 0 Å². The van der Waals surface area contributed by atoms with Gasteiger partial charge in [-0.3, -0.25) is 9.59 Å². The van der Waals surface area contributed by atoms with Gasteiger partial charge in [0, 0.05) is 35.4 Å². The number of allylic oxidation sites excluding steroid dienone is 1. The van der Waals surface area contributed by atoms with Gasteiger partial charge in [0.05, 0.1) is 31.5 Å². The number of esters is 1. The first-order valence-corrected chi connectivity index (χ1v) is 17.6. The molecule has 1 aromatic heterocycles. The van der Waals surface area contributed by atoms with Crippen LogP contribution in [0.1, 0.15) is 59.8 Å². The largest absolute Gasteiger partial charge is 0.497 e.